The number of hydrogen-bond donors (Lipinski definition) is 3. The van der Waals surface area contributed by atoms with Gasteiger partial charge in [0, 0.05) is 30.9 Å². The molecule has 3 unspecified atom stereocenters. The molecule has 1 saturated carbocycles. The van der Waals surface area contributed by atoms with Crippen molar-refractivity contribution < 1.29 is 4.79 Å². The Morgan fingerprint density at radius 2 is 2.00 bits per heavy atom. The molecule has 3 atom stereocenters. The van der Waals surface area contributed by atoms with Crippen molar-refractivity contribution in [2.45, 2.75) is 50.7 Å². The SMILES string of the molecule is O=C(NCc1ccncc1)C1NNC2CCCCCC21. The smallest absolute Gasteiger partial charge is 0.239 e. The Hall–Kier alpha value is -1.46. The van der Waals surface area contributed by atoms with Gasteiger partial charge in [0.2, 0.25) is 5.91 Å². The zero-order chi connectivity index (χ0) is 13.8. The largest absolute Gasteiger partial charge is 0.351 e. The van der Waals surface area contributed by atoms with Crippen LogP contribution in [0.5, 0.6) is 0 Å². The van der Waals surface area contributed by atoms with Crippen molar-refractivity contribution >= 4 is 5.91 Å². The Morgan fingerprint density at radius 1 is 1.20 bits per heavy atom. The maximum absolute atomic E-state index is 12.4. The molecular weight excluding hydrogens is 252 g/mol. The molecule has 0 bridgehead atoms. The van der Waals surface area contributed by atoms with E-state index in [1.165, 1.54) is 25.7 Å². The summed E-state index contributed by atoms with van der Waals surface area (Å²) in [7, 11) is 0. The molecule has 2 aliphatic rings. The molecule has 1 aromatic rings. The predicted molar refractivity (Wildman–Crippen MR) is 76.5 cm³/mol. The zero-order valence-corrected chi connectivity index (χ0v) is 11.6. The standard InChI is InChI=1S/C15H22N4O/c20-15(17-10-11-6-8-16-9-7-11)14-12-4-2-1-3-5-13(12)18-19-14/h6-9,12-14,18-19H,1-5,10H2,(H,17,20). The second kappa shape index (κ2) is 6.33. The molecule has 3 rings (SSSR count). The van der Waals surface area contributed by atoms with Crippen molar-refractivity contribution in [3.63, 3.8) is 0 Å². The number of rotatable bonds is 3. The first-order valence-electron chi connectivity index (χ1n) is 7.52. The van der Waals surface area contributed by atoms with E-state index in [0.29, 0.717) is 18.5 Å². The van der Waals surface area contributed by atoms with Gasteiger partial charge in [-0.1, -0.05) is 19.3 Å². The van der Waals surface area contributed by atoms with Crippen molar-refractivity contribution in [3.05, 3.63) is 30.1 Å². The van der Waals surface area contributed by atoms with Crippen molar-refractivity contribution in [1.82, 2.24) is 21.2 Å². The lowest BCUT2D eigenvalue weighted by Crippen LogP contribution is -2.45. The van der Waals surface area contributed by atoms with Gasteiger partial charge in [-0.15, -0.1) is 0 Å². The molecule has 3 N–H and O–H groups in total. The highest BCUT2D eigenvalue weighted by Gasteiger charge is 2.39. The number of carbonyl (C=O) groups is 1. The molecule has 5 nitrogen and oxygen atoms in total. The summed E-state index contributed by atoms with van der Waals surface area (Å²) in [5, 5.41) is 3.03. The van der Waals surface area contributed by atoms with E-state index in [2.05, 4.69) is 21.2 Å². The van der Waals surface area contributed by atoms with Gasteiger partial charge in [-0.25, -0.2) is 5.43 Å². The monoisotopic (exact) mass is 274 g/mol. The van der Waals surface area contributed by atoms with Crippen LogP contribution in [0.1, 0.15) is 37.7 Å². The highest BCUT2D eigenvalue weighted by Crippen LogP contribution is 2.29. The lowest BCUT2D eigenvalue weighted by Gasteiger charge is -2.20. The van der Waals surface area contributed by atoms with Gasteiger partial charge in [0.25, 0.3) is 0 Å². The summed E-state index contributed by atoms with van der Waals surface area (Å²) in [6, 6.07) is 4.21. The minimum atomic E-state index is -0.0973. The summed E-state index contributed by atoms with van der Waals surface area (Å²) in [6.07, 6.45) is 9.60. The normalized spacial score (nSPS) is 29.5. The number of hydrazine groups is 1. The zero-order valence-electron chi connectivity index (χ0n) is 11.6. The van der Waals surface area contributed by atoms with E-state index >= 15 is 0 Å². The minimum absolute atomic E-state index is 0.0973. The summed E-state index contributed by atoms with van der Waals surface area (Å²) < 4.78 is 0. The van der Waals surface area contributed by atoms with Gasteiger partial charge in [0.1, 0.15) is 6.04 Å². The van der Waals surface area contributed by atoms with Gasteiger partial charge in [-0.05, 0) is 30.5 Å². The van der Waals surface area contributed by atoms with E-state index in [9.17, 15) is 4.79 Å². The van der Waals surface area contributed by atoms with E-state index in [1.54, 1.807) is 12.4 Å². The molecule has 2 heterocycles. The number of aromatic nitrogens is 1. The van der Waals surface area contributed by atoms with Crippen molar-refractivity contribution in [3.8, 4) is 0 Å². The van der Waals surface area contributed by atoms with Crippen LogP contribution in [0, 0.1) is 5.92 Å². The summed E-state index contributed by atoms with van der Waals surface area (Å²) in [6.45, 7) is 0.566. The van der Waals surface area contributed by atoms with Crippen LogP contribution in [0.2, 0.25) is 0 Å². The van der Waals surface area contributed by atoms with Crippen LogP contribution in [0.4, 0.5) is 0 Å². The van der Waals surface area contributed by atoms with E-state index in [1.807, 2.05) is 12.1 Å². The van der Waals surface area contributed by atoms with Crippen LogP contribution < -0.4 is 16.2 Å². The van der Waals surface area contributed by atoms with Crippen molar-refractivity contribution in [1.29, 1.82) is 0 Å². The lowest BCUT2D eigenvalue weighted by molar-refractivity contribution is -0.124. The van der Waals surface area contributed by atoms with E-state index < -0.39 is 0 Å². The number of fused-ring (bicyclic) bond motifs is 1. The van der Waals surface area contributed by atoms with Gasteiger partial charge in [0.05, 0.1) is 0 Å². The number of nitrogens with zero attached hydrogens (tertiary/aromatic N) is 1. The van der Waals surface area contributed by atoms with Gasteiger partial charge in [-0.3, -0.25) is 15.2 Å². The van der Waals surface area contributed by atoms with Gasteiger partial charge < -0.3 is 5.32 Å². The Bertz CT molecular complexity index is 450. The fourth-order valence-corrected chi connectivity index (χ4v) is 3.28. The maximum Gasteiger partial charge on any atom is 0.239 e. The Kier molecular flexibility index (Phi) is 4.28. The molecule has 1 aromatic heterocycles. The number of hydrogen-bond acceptors (Lipinski definition) is 4. The van der Waals surface area contributed by atoms with Gasteiger partial charge in [-0.2, -0.15) is 0 Å². The molecule has 20 heavy (non-hydrogen) atoms. The van der Waals surface area contributed by atoms with Crippen LogP contribution in [0.25, 0.3) is 0 Å². The van der Waals surface area contributed by atoms with Crippen LogP contribution in [-0.2, 0) is 11.3 Å². The second-order valence-electron chi connectivity index (χ2n) is 5.75. The molecular formula is C15H22N4O. The molecule has 0 radical (unpaired) electrons. The Balaban J connectivity index is 1.57. The first kappa shape index (κ1) is 13.5. The van der Waals surface area contributed by atoms with Crippen molar-refractivity contribution in [2.75, 3.05) is 0 Å². The first-order valence-corrected chi connectivity index (χ1v) is 7.52. The fraction of sp³-hybridized carbons (Fsp3) is 0.600. The second-order valence-corrected chi connectivity index (χ2v) is 5.75. The quantitative estimate of drug-likeness (QED) is 0.773. The minimum Gasteiger partial charge on any atom is -0.351 e. The maximum atomic E-state index is 12.4. The summed E-state index contributed by atoms with van der Waals surface area (Å²) in [4.78, 5) is 16.3. The number of amides is 1. The molecule has 0 aromatic carbocycles. The molecule has 5 heteroatoms. The third-order valence-electron chi connectivity index (χ3n) is 4.42. The number of pyridine rings is 1. The fourth-order valence-electron chi connectivity index (χ4n) is 3.28. The van der Waals surface area contributed by atoms with Crippen molar-refractivity contribution in [2.24, 2.45) is 5.92 Å². The van der Waals surface area contributed by atoms with E-state index in [4.69, 9.17) is 0 Å². The predicted octanol–water partition coefficient (Wildman–Crippen LogP) is 1.12. The molecule has 1 aliphatic carbocycles. The summed E-state index contributed by atoms with van der Waals surface area (Å²) >= 11 is 0. The number of nitrogens with one attached hydrogen (secondary N) is 3. The van der Waals surface area contributed by atoms with Gasteiger partial charge in [0.15, 0.2) is 0 Å². The first-order chi connectivity index (χ1) is 9.84. The Morgan fingerprint density at radius 3 is 2.85 bits per heavy atom. The van der Waals surface area contributed by atoms with Crippen LogP contribution in [-0.4, -0.2) is 23.0 Å². The molecule has 1 amide bonds. The molecule has 1 saturated heterocycles. The van der Waals surface area contributed by atoms with Crippen LogP contribution in [0.15, 0.2) is 24.5 Å². The topological polar surface area (TPSA) is 66.0 Å². The molecule has 1 aliphatic heterocycles. The highest BCUT2D eigenvalue weighted by molar-refractivity contribution is 5.82. The van der Waals surface area contributed by atoms with Crippen LogP contribution >= 0.6 is 0 Å². The van der Waals surface area contributed by atoms with E-state index in [-0.39, 0.29) is 11.9 Å². The third-order valence-corrected chi connectivity index (χ3v) is 4.42. The average Bonchev–Trinajstić information content (AvgIpc) is 2.75. The number of carbonyl (C=O) groups excluding carboxylic acids is 1. The lowest BCUT2D eigenvalue weighted by atomic mass is 9.89. The Labute approximate surface area is 119 Å². The highest BCUT2D eigenvalue weighted by atomic mass is 16.2. The molecule has 2 fully saturated rings. The van der Waals surface area contributed by atoms with Gasteiger partial charge >= 0.3 is 0 Å². The summed E-state index contributed by atoms with van der Waals surface area (Å²) in [5.41, 5.74) is 7.58. The average molecular weight is 274 g/mol. The molecule has 0 spiro atoms. The van der Waals surface area contributed by atoms with Crippen LogP contribution in [0.3, 0.4) is 0 Å². The molecule has 108 valence electrons. The summed E-state index contributed by atoms with van der Waals surface area (Å²) in [5.74, 6) is 0.527. The third kappa shape index (κ3) is 2.99. The van der Waals surface area contributed by atoms with E-state index in [0.717, 1.165) is 12.0 Å².